The molecule has 0 aliphatic carbocycles. The molecule has 27 heavy (non-hydrogen) atoms. The maximum Gasteiger partial charge on any atom is 0.191 e. The minimum Gasteiger partial charge on any atom is -0.497 e. The molecule has 2 rings (SSSR count). The van der Waals surface area contributed by atoms with Crippen LogP contribution in [0.5, 0.6) is 5.75 Å². The molecule has 1 aromatic carbocycles. The second kappa shape index (κ2) is 11.9. The first kappa shape index (κ1) is 21.5. The standard InChI is InChI=1S/C22H38N4O/c1-5-15-26-16-12-20(13-17-26)25-22(23-6-2)24-14-11-18(3)19-7-9-21(27-4)10-8-19/h7-10,18,20H,5-6,11-17H2,1-4H3,(H2,23,24,25). The Balaban J connectivity index is 1.80. The molecule has 0 radical (unpaired) electrons. The van der Waals surface area contributed by atoms with Crippen molar-refractivity contribution >= 4 is 5.96 Å². The number of rotatable bonds is 9. The van der Waals surface area contributed by atoms with E-state index in [2.05, 4.69) is 48.4 Å². The fourth-order valence-corrected chi connectivity index (χ4v) is 3.60. The number of aliphatic imine (C=N–C) groups is 1. The van der Waals surface area contributed by atoms with Gasteiger partial charge in [0.25, 0.3) is 0 Å². The van der Waals surface area contributed by atoms with Crippen LogP contribution in [-0.4, -0.2) is 56.7 Å². The zero-order valence-corrected chi connectivity index (χ0v) is 17.6. The van der Waals surface area contributed by atoms with Crippen molar-refractivity contribution in [2.45, 2.75) is 58.4 Å². The molecule has 1 fully saturated rings. The molecule has 0 amide bonds. The van der Waals surface area contributed by atoms with Crippen LogP contribution in [0, 0.1) is 0 Å². The molecule has 0 saturated carbocycles. The molecule has 0 bridgehead atoms. The van der Waals surface area contributed by atoms with Crippen molar-refractivity contribution < 1.29 is 4.74 Å². The highest BCUT2D eigenvalue weighted by atomic mass is 16.5. The van der Waals surface area contributed by atoms with Gasteiger partial charge in [0.1, 0.15) is 5.75 Å². The molecule has 0 spiro atoms. The Hall–Kier alpha value is -1.75. The van der Waals surface area contributed by atoms with Gasteiger partial charge in [-0.15, -0.1) is 0 Å². The first-order valence-electron chi connectivity index (χ1n) is 10.6. The van der Waals surface area contributed by atoms with Crippen molar-refractivity contribution in [1.29, 1.82) is 0 Å². The van der Waals surface area contributed by atoms with E-state index in [1.807, 2.05) is 12.1 Å². The Labute approximate surface area is 165 Å². The predicted octanol–water partition coefficient (Wildman–Crippen LogP) is 3.62. The third-order valence-electron chi connectivity index (χ3n) is 5.33. The number of methoxy groups -OCH3 is 1. The lowest BCUT2D eigenvalue weighted by Gasteiger charge is -2.32. The molecule has 1 heterocycles. The highest BCUT2D eigenvalue weighted by molar-refractivity contribution is 5.80. The van der Waals surface area contributed by atoms with Crippen LogP contribution in [0.3, 0.4) is 0 Å². The molecule has 152 valence electrons. The van der Waals surface area contributed by atoms with Crippen LogP contribution in [0.15, 0.2) is 29.3 Å². The molecular formula is C22H38N4O. The van der Waals surface area contributed by atoms with E-state index in [-0.39, 0.29) is 0 Å². The molecule has 1 aliphatic rings. The van der Waals surface area contributed by atoms with Gasteiger partial charge in [-0.3, -0.25) is 4.99 Å². The molecule has 1 atom stereocenters. The van der Waals surface area contributed by atoms with Gasteiger partial charge < -0.3 is 20.3 Å². The van der Waals surface area contributed by atoms with E-state index in [9.17, 15) is 0 Å². The van der Waals surface area contributed by atoms with Crippen molar-refractivity contribution in [3.05, 3.63) is 29.8 Å². The van der Waals surface area contributed by atoms with E-state index in [1.165, 1.54) is 44.5 Å². The smallest absolute Gasteiger partial charge is 0.191 e. The van der Waals surface area contributed by atoms with E-state index in [1.54, 1.807) is 7.11 Å². The van der Waals surface area contributed by atoms with Gasteiger partial charge in [-0.25, -0.2) is 0 Å². The molecule has 1 unspecified atom stereocenters. The highest BCUT2D eigenvalue weighted by Crippen LogP contribution is 2.21. The highest BCUT2D eigenvalue weighted by Gasteiger charge is 2.19. The van der Waals surface area contributed by atoms with Crippen LogP contribution in [0.2, 0.25) is 0 Å². The number of likely N-dealkylation sites (tertiary alicyclic amines) is 1. The Morgan fingerprint density at radius 1 is 1.22 bits per heavy atom. The lowest BCUT2D eigenvalue weighted by molar-refractivity contribution is 0.206. The molecule has 5 heteroatoms. The summed E-state index contributed by atoms with van der Waals surface area (Å²) in [4.78, 5) is 7.39. The monoisotopic (exact) mass is 374 g/mol. The minimum absolute atomic E-state index is 0.486. The van der Waals surface area contributed by atoms with Gasteiger partial charge in [-0.2, -0.15) is 0 Å². The van der Waals surface area contributed by atoms with Gasteiger partial charge in [0.05, 0.1) is 7.11 Å². The van der Waals surface area contributed by atoms with Gasteiger partial charge in [0, 0.05) is 32.2 Å². The SMILES string of the molecule is CCCN1CCC(NC(=NCCC(C)c2ccc(OC)cc2)NCC)CC1. The van der Waals surface area contributed by atoms with Crippen molar-refractivity contribution in [3.8, 4) is 5.75 Å². The lowest BCUT2D eigenvalue weighted by Crippen LogP contribution is -2.48. The first-order valence-corrected chi connectivity index (χ1v) is 10.6. The van der Waals surface area contributed by atoms with Crippen molar-refractivity contribution in [3.63, 3.8) is 0 Å². The van der Waals surface area contributed by atoms with Crippen LogP contribution < -0.4 is 15.4 Å². The number of guanidine groups is 1. The summed E-state index contributed by atoms with van der Waals surface area (Å²) in [6.45, 7) is 12.0. The summed E-state index contributed by atoms with van der Waals surface area (Å²) in [5, 5.41) is 7.05. The number of hydrogen-bond acceptors (Lipinski definition) is 3. The summed E-state index contributed by atoms with van der Waals surface area (Å²) in [7, 11) is 1.70. The Morgan fingerprint density at radius 2 is 1.93 bits per heavy atom. The predicted molar refractivity (Wildman–Crippen MR) is 115 cm³/mol. The maximum absolute atomic E-state index is 5.24. The topological polar surface area (TPSA) is 48.9 Å². The molecule has 1 aliphatic heterocycles. The quantitative estimate of drug-likeness (QED) is 0.512. The van der Waals surface area contributed by atoms with Crippen LogP contribution >= 0.6 is 0 Å². The third-order valence-corrected chi connectivity index (χ3v) is 5.33. The van der Waals surface area contributed by atoms with Gasteiger partial charge in [0.15, 0.2) is 5.96 Å². The number of nitrogens with zero attached hydrogens (tertiary/aromatic N) is 2. The number of ether oxygens (including phenoxy) is 1. The normalized spacial score (nSPS) is 17.6. The minimum atomic E-state index is 0.486. The van der Waals surface area contributed by atoms with E-state index < -0.39 is 0 Å². The average Bonchev–Trinajstić information content (AvgIpc) is 2.70. The van der Waals surface area contributed by atoms with Crippen molar-refractivity contribution in [2.24, 2.45) is 4.99 Å². The number of nitrogens with one attached hydrogen (secondary N) is 2. The second-order valence-corrected chi connectivity index (χ2v) is 7.48. The Morgan fingerprint density at radius 3 is 2.52 bits per heavy atom. The molecular weight excluding hydrogens is 336 g/mol. The third kappa shape index (κ3) is 7.41. The van der Waals surface area contributed by atoms with Gasteiger partial charge >= 0.3 is 0 Å². The summed E-state index contributed by atoms with van der Waals surface area (Å²) in [5.41, 5.74) is 1.34. The van der Waals surface area contributed by atoms with E-state index in [0.29, 0.717) is 12.0 Å². The number of hydrogen-bond donors (Lipinski definition) is 2. The van der Waals surface area contributed by atoms with E-state index in [4.69, 9.17) is 9.73 Å². The zero-order chi connectivity index (χ0) is 19.5. The van der Waals surface area contributed by atoms with Crippen LogP contribution in [-0.2, 0) is 0 Å². The van der Waals surface area contributed by atoms with Crippen LogP contribution in [0.25, 0.3) is 0 Å². The number of benzene rings is 1. The second-order valence-electron chi connectivity index (χ2n) is 7.48. The molecule has 2 N–H and O–H groups in total. The largest absolute Gasteiger partial charge is 0.497 e. The average molecular weight is 375 g/mol. The summed E-state index contributed by atoms with van der Waals surface area (Å²) < 4.78 is 5.24. The molecule has 1 saturated heterocycles. The summed E-state index contributed by atoms with van der Waals surface area (Å²) >= 11 is 0. The first-order chi connectivity index (χ1) is 13.2. The number of piperidine rings is 1. The Bertz CT molecular complexity index is 550. The van der Waals surface area contributed by atoms with Gasteiger partial charge in [-0.05, 0) is 62.8 Å². The van der Waals surface area contributed by atoms with Crippen molar-refractivity contribution in [2.75, 3.05) is 39.8 Å². The van der Waals surface area contributed by atoms with Crippen LogP contribution in [0.1, 0.15) is 57.9 Å². The molecule has 1 aromatic rings. The molecule has 0 aromatic heterocycles. The zero-order valence-electron chi connectivity index (χ0n) is 17.6. The Kier molecular flexibility index (Phi) is 9.46. The summed E-state index contributed by atoms with van der Waals surface area (Å²) in [6.07, 6.45) is 4.69. The summed E-state index contributed by atoms with van der Waals surface area (Å²) in [5.74, 6) is 2.36. The van der Waals surface area contributed by atoms with E-state index in [0.717, 1.165) is 31.2 Å². The fraction of sp³-hybridized carbons (Fsp3) is 0.682. The van der Waals surface area contributed by atoms with Gasteiger partial charge in [-0.1, -0.05) is 26.0 Å². The summed E-state index contributed by atoms with van der Waals surface area (Å²) in [6, 6.07) is 8.91. The van der Waals surface area contributed by atoms with Crippen LogP contribution in [0.4, 0.5) is 0 Å². The van der Waals surface area contributed by atoms with Crippen molar-refractivity contribution in [1.82, 2.24) is 15.5 Å². The lowest BCUT2D eigenvalue weighted by atomic mass is 9.98. The van der Waals surface area contributed by atoms with E-state index >= 15 is 0 Å². The molecule has 5 nitrogen and oxygen atoms in total. The maximum atomic E-state index is 5.24. The van der Waals surface area contributed by atoms with Gasteiger partial charge in [0.2, 0.25) is 0 Å². The fourth-order valence-electron chi connectivity index (χ4n) is 3.60.